The molecule has 0 bridgehead atoms. The van der Waals surface area contributed by atoms with E-state index in [4.69, 9.17) is 14.3 Å². The van der Waals surface area contributed by atoms with E-state index in [0.717, 1.165) is 23.4 Å². The predicted octanol–water partition coefficient (Wildman–Crippen LogP) is 5.07. The summed E-state index contributed by atoms with van der Waals surface area (Å²) < 4.78 is 10.4. The SMILES string of the molecule is COc1ccc(C(=O)O/N=C(/c2ccccc2)[C@H]2C[C@@H]2c2ccc(OC)cc2)cc1. The van der Waals surface area contributed by atoms with Gasteiger partial charge in [-0.2, -0.15) is 0 Å². The Kier molecular flexibility index (Phi) is 5.80. The molecule has 0 amide bonds. The van der Waals surface area contributed by atoms with Crippen molar-refractivity contribution in [1.82, 2.24) is 0 Å². The van der Waals surface area contributed by atoms with Gasteiger partial charge in [0.1, 0.15) is 11.5 Å². The van der Waals surface area contributed by atoms with E-state index < -0.39 is 5.97 Å². The molecule has 0 unspecified atom stereocenters. The number of carbonyl (C=O) groups is 1. The Balaban J connectivity index is 1.54. The van der Waals surface area contributed by atoms with Gasteiger partial charge in [0.2, 0.25) is 0 Å². The Hall–Kier alpha value is -3.60. The van der Waals surface area contributed by atoms with Gasteiger partial charge in [-0.05, 0) is 59.9 Å². The van der Waals surface area contributed by atoms with Crippen LogP contribution in [0.3, 0.4) is 0 Å². The minimum absolute atomic E-state index is 0.199. The summed E-state index contributed by atoms with van der Waals surface area (Å²) in [4.78, 5) is 17.8. The van der Waals surface area contributed by atoms with Gasteiger partial charge in [-0.3, -0.25) is 0 Å². The Morgan fingerprint density at radius 2 is 1.40 bits per heavy atom. The second-order valence-corrected chi connectivity index (χ2v) is 7.17. The first kappa shape index (κ1) is 19.7. The van der Waals surface area contributed by atoms with E-state index in [-0.39, 0.29) is 5.92 Å². The Labute approximate surface area is 175 Å². The highest BCUT2D eigenvalue weighted by Gasteiger charge is 2.43. The van der Waals surface area contributed by atoms with Gasteiger partial charge in [0.15, 0.2) is 0 Å². The third kappa shape index (κ3) is 4.35. The molecule has 2 atom stereocenters. The van der Waals surface area contributed by atoms with Gasteiger partial charge >= 0.3 is 5.97 Å². The van der Waals surface area contributed by atoms with Crippen LogP contribution in [0.4, 0.5) is 0 Å². The van der Waals surface area contributed by atoms with E-state index in [1.807, 2.05) is 42.5 Å². The normalized spacial score (nSPS) is 17.9. The van der Waals surface area contributed by atoms with Crippen LogP contribution >= 0.6 is 0 Å². The van der Waals surface area contributed by atoms with E-state index in [2.05, 4.69) is 17.3 Å². The minimum Gasteiger partial charge on any atom is -0.497 e. The largest absolute Gasteiger partial charge is 0.497 e. The van der Waals surface area contributed by atoms with Crippen LogP contribution in [0.1, 0.15) is 33.8 Å². The lowest BCUT2D eigenvalue weighted by Crippen LogP contribution is -2.09. The lowest BCUT2D eigenvalue weighted by atomic mass is 10.0. The van der Waals surface area contributed by atoms with Crippen LogP contribution in [-0.4, -0.2) is 25.9 Å². The highest BCUT2D eigenvalue weighted by Crippen LogP contribution is 2.49. The molecule has 0 aromatic heterocycles. The number of ether oxygens (including phenoxy) is 2. The molecule has 0 saturated heterocycles. The first-order valence-corrected chi connectivity index (χ1v) is 9.82. The molecule has 0 N–H and O–H groups in total. The highest BCUT2D eigenvalue weighted by atomic mass is 16.7. The third-order valence-corrected chi connectivity index (χ3v) is 5.31. The second kappa shape index (κ2) is 8.82. The van der Waals surface area contributed by atoms with Gasteiger partial charge in [0.05, 0.1) is 25.5 Å². The zero-order chi connectivity index (χ0) is 20.9. The van der Waals surface area contributed by atoms with Crippen molar-refractivity contribution in [1.29, 1.82) is 0 Å². The smallest absolute Gasteiger partial charge is 0.365 e. The maximum Gasteiger partial charge on any atom is 0.365 e. The molecule has 3 aromatic rings. The average molecular weight is 401 g/mol. The number of oxime groups is 1. The molecule has 0 radical (unpaired) electrons. The molecule has 0 aliphatic heterocycles. The summed E-state index contributed by atoms with van der Waals surface area (Å²) in [6.07, 6.45) is 0.958. The fourth-order valence-corrected chi connectivity index (χ4v) is 3.53. The zero-order valence-corrected chi connectivity index (χ0v) is 16.9. The quantitative estimate of drug-likeness (QED) is 0.315. The number of benzene rings is 3. The van der Waals surface area contributed by atoms with Crippen molar-refractivity contribution in [2.75, 3.05) is 14.2 Å². The minimum atomic E-state index is -0.493. The van der Waals surface area contributed by atoms with E-state index in [1.54, 1.807) is 38.5 Å². The number of hydrogen-bond donors (Lipinski definition) is 0. The second-order valence-electron chi connectivity index (χ2n) is 7.17. The highest BCUT2D eigenvalue weighted by molar-refractivity contribution is 6.04. The lowest BCUT2D eigenvalue weighted by Gasteiger charge is -2.08. The van der Waals surface area contributed by atoms with Gasteiger partial charge in [-0.25, -0.2) is 4.79 Å². The first-order valence-electron chi connectivity index (χ1n) is 9.82. The van der Waals surface area contributed by atoms with Crippen LogP contribution in [0, 0.1) is 5.92 Å². The van der Waals surface area contributed by atoms with Crippen molar-refractivity contribution in [3.05, 3.63) is 95.6 Å². The monoisotopic (exact) mass is 401 g/mol. The predicted molar refractivity (Wildman–Crippen MR) is 115 cm³/mol. The van der Waals surface area contributed by atoms with Crippen LogP contribution in [-0.2, 0) is 4.84 Å². The fraction of sp³-hybridized carbons (Fsp3) is 0.200. The maximum atomic E-state index is 12.5. The molecule has 3 aromatic carbocycles. The van der Waals surface area contributed by atoms with Gasteiger partial charge in [-0.1, -0.05) is 47.6 Å². The molecule has 0 heterocycles. The van der Waals surface area contributed by atoms with Crippen molar-refractivity contribution in [2.24, 2.45) is 11.1 Å². The first-order chi connectivity index (χ1) is 14.7. The summed E-state index contributed by atoms with van der Waals surface area (Å²) in [6, 6.07) is 24.7. The summed E-state index contributed by atoms with van der Waals surface area (Å²) >= 11 is 0. The summed E-state index contributed by atoms with van der Waals surface area (Å²) in [5.41, 5.74) is 3.40. The van der Waals surface area contributed by atoms with Crippen LogP contribution in [0.5, 0.6) is 11.5 Å². The van der Waals surface area contributed by atoms with Gasteiger partial charge in [-0.15, -0.1) is 0 Å². The molecule has 1 aliphatic rings. The molecule has 1 fully saturated rings. The third-order valence-electron chi connectivity index (χ3n) is 5.31. The fourth-order valence-electron chi connectivity index (χ4n) is 3.53. The Bertz CT molecular complexity index is 1030. The average Bonchev–Trinajstić information content (AvgIpc) is 3.60. The number of carbonyl (C=O) groups excluding carboxylic acids is 1. The van der Waals surface area contributed by atoms with Crippen LogP contribution < -0.4 is 9.47 Å². The molecule has 0 spiro atoms. The van der Waals surface area contributed by atoms with E-state index >= 15 is 0 Å². The molecule has 4 rings (SSSR count). The van der Waals surface area contributed by atoms with Gasteiger partial charge < -0.3 is 14.3 Å². The summed E-state index contributed by atoms with van der Waals surface area (Å²) in [7, 11) is 3.24. The summed E-state index contributed by atoms with van der Waals surface area (Å²) in [5.74, 6) is 1.56. The lowest BCUT2D eigenvalue weighted by molar-refractivity contribution is 0.0515. The standard InChI is InChI=1S/C25H23NO4/c1-28-20-12-8-17(9-13-20)22-16-23(22)24(18-6-4-3-5-7-18)26-30-25(27)19-10-14-21(29-2)15-11-19/h3-15,22-23H,16H2,1-2H3/b26-24-/t22-,23+/m1/s1. The molecular weight excluding hydrogens is 378 g/mol. The number of hydrogen-bond acceptors (Lipinski definition) is 5. The Morgan fingerprint density at radius 1 is 0.800 bits per heavy atom. The van der Waals surface area contributed by atoms with Crippen molar-refractivity contribution in [3.8, 4) is 11.5 Å². The summed E-state index contributed by atoms with van der Waals surface area (Å²) in [6.45, 7) is 0. The van der Waals surface area contributed by atoms with Crippen molar-refractivity contribution in [2.45, 2.75) is 12.3 Å². The molecule has 30 heavy (non-hydrogen) atoms. The molecule has 5 nitrogen and oxygen atoms in total. The molecule has 1 aliphatic carbocycles. The van der Waals surface area contributed by atoms with Gasteiger partial charge in [0.25, 0.3) is 0 Å². The number of rotatable bonds is 7. The van der Waals surface area contributed by atoms with Crippen LogP contribution in [0.15, 0.2) is 84.0 Å². The van der Waals surface area contributed by atoms with Crippen molar-refractivity contribution < 1.29 is 19.1 Å². The number of nitrogens with zero attached hydrogens (tertiary/aromatic N) is 1. The van der Waals surface area contributed by atoms with Gasteiger partial charge in [0, 0.05) is 5.92 Å². The van der Waals surface area contributed by atoms with Crippen molar-refractivity contribution in [3.63, 3.8) is 0 Å². The molecular formula is C25H23NO4. The topological polar surface area (TPSA) is 57.1 Å². The molecule has 5 heteroatoms. The van der Waals surface area contributed by atoms with E-state index in [9.17, 15) is 4.79 Å². The van der Waals surface area contributed by atoms with E-state index in [1.165, 1.54) is 5.56 Å². The zero-order valence-electron chi connectivity index (χ0n) is 16.9. The number of methoxy groups -OCH3 is 2. The van der Waals surface area contributed by atoms with Crippen LogP contribution in [0.25, 0.3) is 0 Å². The molecule has 152 valence electrons. The maximum absolute atomic E-state index is 12.5. The Morgan fingerprint density at radius 3 is 2.00 bits per heavy atom. The van der Waals surface area contributed by atoms with Crippen molar-refractivity contribution >= 4 is 11.7 Å². The van der Waals surface area contributed by atoms with Crippen LogP contribution in [0.2, 0.25) is 0 Å². The summed E-state index contributed by atoms with van der Waals surface area (Å²) in [5, 5.41) is 4.30. The van der Waals surface area contributed by atoms with E-state index in [0.29, 0.717) is 17.2 Å². The molecule has 1 saturated carbocycles.